The number of nitrogens with zero attached hydrogens (tertiary/aromatic N) is 1. The molecule has 0 heterocycles. The maximum Gasteiger partial charge on any atom is 0.362 e. The van der Waals surface area contributed by atoms with E-state index >= 15 is 0 Å². The predicted octanol–water partition coefficient (Wildman–Crippen LogP) is 14.2. The van der Waals surface area contributed by atoms with Gasteiger partial charge in [0, 0.05) is 19.3 Å². The van der Waals surface area contributed by atoms with Crippen LogP contribution in [-0.2, 0) is 28.6 Å². The maximum absolute atomic E-state index is 12.8. The minimum atomic E-state index is -0.877. The summed E-state index contributed by atoms with van der Waals surface area (Å²) in [5.41, 5.74) is 0. The molecule has 0 spiro atoms. The molecular formula is C52H96NO7+. The highest BCUT2D eigenvalue weighted by molar-refractivity contribution is 5.72. The molecule has 8 heteroatoms. The molecule has 0 saturated heterocycles. The predicted molar refractivity (Wildman–Crippen MR) is 252 cm³/mol. The van der Waals surface area contributed by atoms with E-state index in [4.69, 9.17) is 14.2 Å². The Hall–Kier alpha value is -2.45. The average Bonchev–Trinajstić information content (AvgIpc) is 3.21. The molecule has 2 unspecified atom stereocenters. The average molecular weight is 847 g/mol. The van der Waals surface area contributed by atoms with Crippen LogP contribution in [0.25, 0.3) is 0 Å². The highest BCUT2D eigenvalue weighted by Gasteiger charge is 2.31. The van der Waals surface area contributed by atoms with Crippen molar-refractivity contribution in [2.45, 2.75) is 238 Å². The lowest BCUT2D eigenvalue weighted by molar-refractivity contribution is -0.887. The first kappa shape index (κ1) is 57.5. The van der Waals surface area contributed by atoms with E-state index < -0.39 is 18.1 Å². The fourth-order valence-corrected chi connectivity index (χ4v) is 7.37. The zero-order valence-electron chi connectivity index (χ0n) is 39.9. The Morgan fingerprint density at radius 3 is 1.30 bits per heavy atom. The van der Waals surface area contributed by atoms with Crippen LogP contribution in [0, 0.1) is 0 Å². The molecule has 0 radical (unpaired) electrons. The zero-order valence-corrected chi connectivity index (χ0v) is 39.9. The Bertz CT molecular complexity index is 1080. The van der Waals surface area contributed by atoms with Crippen molar-refractivity contribution in [2.24, 2.45) is 0 Å². The summed E-state index contributed by atoms with van der Waals surface area (Å²) < 4.78 is 17.3. The molecule has 0 bridgehead atoms. The molecule has 0 aromatic heterocycles. The Morgan fingerprint density at radius 2 is 0.883 bits per heavy atom. The third-order valence-corrected chi connectivity index (χ3v) is 11.3. The van der Waals surface area contributed by atoms with Crippen LogP contribution in [0.5, 0.6) is 0 Å². The molecule has 0 aliphatic heterocycles. The smallest absolute Gasteiger partial charge is 0.362 e. The van der Waals surface area contributed by atoms with E-state index in [-0.39, 0.29) is 36.2 Å². The van der Waals surface area contributed by atoms with Crippen molar-refractivity contribution < 1.29 is 38.2 Å². The standard InChI is InChI=1S/C52H95NO7/c1-6-8-10-12-14-16-18-20-22-24-26-28-30-32-34-36-38-40-42-50(54)59-47-48(46-58-45-44-49(52(56)57)53(3,4)5)60-51(55)43-41-39-37-35-33-31-29-27-25-23-21-19-17-15-13-11-9-7-2/h22,24,26-29,48-49H,6-21,23,25,30-47H2,1-5H3/p+1/b24-22+,28-26+,29-27+. The van der Waals surface area contributed by atoms with Crippen molar-refractivity contribution in [1.82, 2.24) is 0 Å². The molecule has 8 nitrogen and oxygen atoms in total. The minimum Gasteiger partial charge on any atom is -0.477 e. The van der Waals surface area contributed by atoms with Crippen LogP contribution in [0.4, 0.5) is 0 Å². The number of rotatable bonds is 45. The second kappa shape index (κ2) is 43.2. The number of likely N-dealkylation sites (N-methyl/N-ethyl adjacent to an activating group) is 1. The molecular weight excluding hydrogens is 751 g/mol. The van der Waals surface area contributed by atoms with Crippen LogP contribution in [0.3, 0.4) is 0 Å². The number of hydrogen-bond acceptors (Lipinski definition) is 6. The van der Waals surface area contributed by atoms with E-state index in [1.165, 1.54) is 122 Å². The second-order valence-corrected chi connectivity index (χ2v) is 18.1. The van der Waals surface area contributed by atoms with Gasteiger partial charge in [-0.1, -0.05) is 179 Å². The first-order valence-electron chi connectivity index (χ1n) is 25.0. The molecule has 0 aromatic carbocycles. The third-order valence-electron chi connectivity index (χ3n) is 11.3. The summed E-state index contributed by atoms with van der Waals surface area (Å²) in [6.07, 6.45) is 50.4. The monoisotopic (exact) mass is 847 g/mol. The third kappa shape index (κ3) is 40.9. The van der Waals surface area contributed by atoms with Crippen molar-refractivity contribution in [2.75, 3.05) is 41.0 Å². The van der Waals surface area contributed by atoms with Gasteiger partial charge >= 0.3 is 17.9 Å². The Kier molecular flexibility index (Phi) is 41.4. The van der Waals surface area contributed by atoms with Gasteiger partial charge in [-0.3, -0.25) is 9.59 Å². The molecule has 60 heavy (non-hydrogen) atoms. The number of aliphatic carboxylic acids is 1. The summed E-state index contributed by atoms with van der Waals surface area (Å²) in [6.45, 7) is 4.73. The van der Waals surface area contributed by atoms with Gasteiger partial charge in [-0.05, 0) is 64.2 Å². The van der Waals surface area contributed by atoms with Crippen molar-refractivity contribution in [3.05, 3.63) is 36.5 Å². The summed E-state index contributed by atoms with van der Waals surface area (Å²) in [4.78, 5) is 37.1. The number of carbonyl (C=O) groups is 3. The molecule has 1 N–H and O–H groups in total. The van der Waals surface area contributed by atoms with Gasteiger partial charge in [0.15, 0.2) is 12.1 Å². The number of esters is 2. The highest BCUT2D eigenvalue weighted by atomic mass is 16.6. The fourth-order valence-electron chi connectivity index (χ4n) is 7.37. The highest BCUT2D eigenvalue weighted by Crippen LogP contribution is 2.15. The largest absolute Gasteiger partial charge is 0.477 e. The first-order chi connectivity index (χ1) is 29.1. The van der Waals surface area contributed by atoms with Crippen LogP contribution in [0.2, 0.25) is 0 Å². The molecule has 0 rings (SSSR count). The normalized spacial score (nSPS) is 13.2. The van der Waals surface area contributed by atoms with Crippen molar-refractivity contribution in [3.63, 3.8) is 0 Å². The molecule has 0 aliphatic rings. The quantitative estimate of drug-likeness (QED) is 0.0214. The zero-order chi connectivity index (χ0) is 44.2. The van der Waals surface area contributed by atoms with Gasteiger partial charge < -0.3 is 23.8 Å². The summed E-state index contributed by atoms with van der Waals surface area (Å²) in [5, 5.41) is 9.64. The summed E-state index contributed by atoms with van der Waals surface area (Å²) in [5.74, 6) is -1.49. The summed E-state index contributed by atoms with van der Waals surface area (Å²) >= 11 is 0. The molecule has 0 fully saturated rings. The maximum atomic E-state index is 12.8. The van der Waals surface area contributed by atoms with Gasteiger partial charge in [0.2, 0.25) is 0 Å². The fraction of sp³-hybridized carbons (Fsp3) is 0.827. The topological polar surface area (TPSA) is 99.1 Å². The van der Waals surface area contributed by atoms with Crippen LogP contribution in [0.15, 0.2) is 36.5 Å². The Labute approximate surface area is 370 Å². The van der Waals surface area contributed by atoms with E-state index in [2.05, 4.69) is 50.3 Å². The number of carboxylic acids is 1. The molecule has 0 amide bonds. The van der Waals surface area contributed by atoms with E-state index in [1.807, 2.05) is 21.1 Å². The van der Waals surface area contributed by atoms with E-state index in [9.17, 15) is 19.5 Å². The van der Waals surface area contributed by atoms with Gasteiger partial charge in [0.05, 0.1) is 34.4 Å². The number of carbonyl (C=O) groups excluding carboxylic acids is 2. The number of ether oxygens (including phenoxy) is 3. The molecule has 350 valence electrons. The minimum absolute atomic E-state index is 0.0541. The Balaban J connectivity index is 4.31. The van der Waals surface area contributed by atoms with Crippen LogP contribution in [-0.4, -0.2) is 80.6 Å². The number of quaternary nitrogens is 1. The van der Waals surface area contributed by atoms with Gasteiger partial charge in [0.25, 0.3) is 0 Å². The summed E-state index contributed by atoms with van der Waals surface area (Å²) in [7, 11) is 5.53. The number of unbranched alkanes of at least 4 members (excludes halogenated alkanes) is 26. The second-order valence-electron chi connectivity index (χ2n) is 18.1. The number of hydrogen-bond donors (Lipinski definition) is 1. The van der Waals surface area contributed by atoms with E-state index in [0.717, 1.165) is 70.6 Å². The lowest BCUT2D eigenvalue weighted by Crippen LogP contribution is -2.50. The van der Waals surface area contributed by atoms with E-state index in [0.29, 0.717) is 19.3 Å². The SMILES string of the molecule is CCCCCCCCC/C=C/C=C/CCCCCCCC(=O)OCC(COCCC(C(=O)O)[N+](C)(C)C)OC(=O)CCCCCCC/C=C/CCCCCCCCCCC. The van der Waals surface area contributed by atoms with Crippen LogP contribution in [0.1, 0.15) is 226 Å². The summed E-state index contributed by atoms with van der Waals surface area (Å²) in [6, 6.07) is -0.618. The molecule has 0 aliphatic carbocycles. The van der Waals surface area contributed by atoms with Gasteiger partial charge in [-0.25, -0.2) is 4.79 Å². The van der Waals surface area contributed by atoms with Gasteiger partial charge in [-0.15, -0.1) is 0 Å². The van der Waals surface area contributed by atoms with Crippen LogP contribution < -0.4 is 0 Å². The molecule has 0 aromatic rings. The van der Waals surface area contributed by atoms with Crippen molar-refractivity contribution in [3.8, 4) is 0 Å². The molecule has 0 saturated carbocycles. The van der Waals surface area contributed by atoms with Gasteiger partial charge in [0.1, 0.15) is 6.61 Å². The van der Waals surface area contributed by atoms with Crippen molar-refractivity contribution in [1.29, 1.82) is 0 Å². The van der Waals surface area contributed by atoms with Crippen LogP contribution >= 0.6 is 0 Å². The number of carboxylic acid groups (broad SMARTS) is 1. The van der Waals surface area contributed by atoms with Gasteiger partial charge in [-0.2, -0.15) is 0 Å². The Morgan fingerprint density at radius 1 is 0.500 bits per heavy atom. The molecule has 2 atom stereocenters. The number of allylic oxidation sites excluding steroid dienone is 6. The lowest BCUT2D eigenvalue weighted by Gasteiger charge is -2.31. The lowest BCUT2D eigenvalue weighted by atomic mass is 10.1. The first-order valence-corrected chi connectivity index (χ1v) is 25.0. The van der Waals surface area contributed by atoms with Crippen molar-refractivity contribution >= 4 is 17.9 Å². The van der Waals surface area contributed by atoms with E-state index in [1.54, 1.807) is 0 Å².